The Bertz CT molecular complexity index is 904. The molecule has 2 aromatic carbocycles. The minimum absolute atomic E-state index is 0.123. The third-order valence-corrected chi connectivity index (χ3v) is 4.07. The second-order valence-electron chi connectivity index (χ2n) is 5.81. The van der Waals surface area contributed by atoms with Crippen LogP contribution in [0, 0.1) is 0 Å². The third-order valence-electron chi connectivity index (χ3n) is 4.07. The number of carbonyl (C=O) groups excluding carboxylic acids is 1. The highest BCUT2D eigenvalue weighted by Crippen LogP contribution is 2.29. The summed E-state index contributed by atoms with van der Waals surface area (Å²) in [7, 11) is 5.01. The number of nitrogens with zero attached hydrogens (tertiary/aromatic N) is 2. The lowest BCUT2D eigenvalue weighted by atomic mass is 10.1. The van der Waals surface area contributed by atoms with E-state index in [4.69, 9.17) is 9.47 Å². The van der Waals surface area contributed by atoms with E-state index in [1.54, 1.807) is 37.2 Å². The van der Waals surface area contributed by atoms with Gasteiger partial charge in [-0.2, -0.15) is 5.10 Å². The van der Waals surface area contributed by atoms with Crippen molar-refractivity contribution in [2.75, 3.05) is 19.5 Å². The number of anilines is 1. The molecule has 0 unspecified atom stereocenters. The van der Waals surface area contributed by atoms with Gasteiger partial charge in [0.2, 0.25) is 5.91 Å². The maximum absolute atomic E-state index is 12.5. The largest absolute Gasteiger partial charge is 0.493 e. The molecule has 134 valence electrons. The second kappa shape index (κ2) is 7.74. The van der Waals surface area contributed by atoms with Gasteiger partial charge in [-0.3, -0.25) is 9.48 Å². The van der Waals surface area contributed by atoms with Gasteiger partial charge < -0.3 is 14.8 Å². The van der Waals surface area contributed by atoms with Crippen LogP contribution in [0.15, 0.2) is 54.7 Å². The van der Waals surface area contributed by atoms with Gasteiger partial charge in [-0.15, -0.1) is 0 Å². The molecular formula is C20H21N3O3. The first-order valence-electron chi connectivity index (χ1n) is 8.20. The van der Waals surface area contributed by atoms with E-state index in [1.807, 2.05) is 43.4 Å². The van der Waals surface area contributed by atoms with Crippen molar-refractivity contribution in [3.05, 3.63) is 60.3 Å². The Hall–Kier alpha value is -3.28. The summed E-state index contributed by atoms with van der Waals surface area (Å²) < 4.78 is 12.3. The van der Waals surface area contributed by atoms with Crippen LogP contribution in [0.3, 0.4) is 0 Å². The molecule has 6 nitrogen and oxygen atoms in total. The van der Waals surface area contributed by atoms with Gasteiger partial charge in [-0.25, -0.2) is 0 Å². The van der Waals surface area contributed by atoms with Gasteiger partial charge in [0.25, 0.3) is 0 Å². The number of hydrogen-bond donors (Lipinski definition) is 1. The van der Waals surface area contributed by atoms with E-state index in [1.165, 1.54) is 0 Å². The molecule has 1 N–H and O–H groups in total. The van der Waals surface area contributed by atoms with Crippen molar-refractivity contribution in [3.8, 4) is 22.8 Å². The Balaban J connectivity index is 1.78. The molecule has 3 rings (SSSR count). The summed E-state index contributed by atoms with van der Waals surface area (Å²) in [6, 6.07) is 15.3. The fourth-order valence-corrected chi connectivity index (χ4v) is 2.84. The zero-order valence-electron chi connectivity index (χ0n) is 15.0. The number of nitrogens with one attached hydrogen (secondary N) is 1. The quantitative estimate of drug-likeness (QED) is 0.740. The molecule has 3 aromatic rings. The molecule has 0 aliphatic heterocycles. The van der Waals surface area contributed by atoms with Crippen molar-refractivity contribution >= 4 is 11.6 Å². The number of hydrogen-bond acceptors (Lipinski definition) is 4. The van der Waals surface area contributed by atoms with Gasteiger partial charge in [-0.1, -0.05) is 36.4 Å². The lowest BCUT2D eigenvalue weighted by Crippen LogP contribution is -2.15. The Morgan fingerprint density at radius 1 is 1.08 bits per heavy atom. The monoisotopic (exact) mass is 351 g/mol. The fraction of sp³-hybridized carbons (Fsp3) is 0.200. The molecule has 1 aromatic heterocycles. The normalized spacial score (nSPS) is 10.4. The maximum Gasteiger partial charge on any atom is 0.228 e. The molecule has 0 atom stereocenters. The average Bonchev–Trinajstić information content (AvgIpc) is 3.02. The van der Waals surface area contributed by atoms with E-state index >= 15 is 0 Å². The summed E-state index contributed by atoms with van der Waals surface area (Å²) in [4.78, 5) is 12.5. The zero-order valence-corrected chi connectivity index (χ0v) is 15.0. The molecule has 1 amide bonds. The highest BCUT2D eigenvalue weighted by atomic mass is 16.5. The smallest absolute Gasteiger partial charge is 0.228 e. The minimum atomic E-state index is -0.123. The maximum atomic E-state index is 12.5. The van der Waals surface area contributed by atoms with E-state index in [-0.39, 0.29) is 12.3 Å². The molecule has 0 spiro atoms. The third kappa shape index (κ3) is 3.69. The van der Waals surface area contributed by atoms with Crippen LogP contribution >= 0.6 is 0 Å². The predicted molar refractivity (Wildman–Crippen MR) is 101 cm³/mol. The van der Waals surface area contributed by atoms with Crippen LogP contribution < -0.4 is 14.8 Å². The van der Waals surface area contributed by atoms with Gasteiger partial charge in [0.05, 0.1) is 38.2 Å². The molecule has 0 bridgehead atoms. The molecule has 1 heterocycles. The number of carbonyl (C=O) groups is 1. The topological polar surface area (TPSA) is 65.4 Å². The molecule has 0 aliphatic carbocycles. The van der Waals surface area contributed by atoms with Gasteiger partial charge in [0.1, 0.15) is 0 Å². The first-order valence-corrected chi connectivity index (χ1v) is 8.20. The van der Waals surface area contributed by atoms with E-state index in [0.29, 0.717) is 17.2 Å². The number of rotatable bonds is 6. The van der Waals surface area contributed by atoms with Gasteiger partial charge in [0, 0.05) is 12.6 Å². The Labute approximate surface area is 152 Å². The van der Waals surface area contributed by atoms with E-state index < -0.39 is 0 Å². The predicted octanol–water partition coefficient (Wildman–Crippen LogP) is 3.29. The van der Waals surface area contributed by atoms with Gasteiger partial charge in [-0.05, 0) is 17.7 Å². The first-order chi connectivity index (χ1) is 12.6. The summed E-state index contributed by atoms with van der Waals surface area (Å²) in [6.45, 7) is 0. The van der Waals surface area contributed by atoms with Crippen LogP contribution in [0.2, 0.25) is 0 Å². The van der Waals surface area contributed by atoms with Crippen molar-refractivity contribution in [1.29, 1.82) is 0 Å². The lowest BCUT2D eigenvalue weighted by molar-refractivity contribution is -0.115. The van der Waals surface area contributed by atoms with Crippen molar-refractivity contribution in [3.63, 3.8) is 0 Å². The highest BCUT2D eigenvalue weighted by Gasteiger charge is 2.14. The van der Waals surface area contributed by atoms with Crippen LogP contribution in [-0.4, -0.2) is 29.9 Å². The lowest BCUT2D eigenvalue weighted by Gasteiger charge is -2.10. The van der Waals surface area contributed by atoms with E-state index in [0.717, 1.165) is 16.8 Å². The molecule has 0 saturated heterocycles. The number of aryl methyl sites for hydroxylation is 1. The van der Waals surface area contributed by atoms with Crippen molar-refractivity contribution in [2.45, 2.75) is 6.42 Å². The molecule has 6 heteroatoms. The standard InChI is InChI=1S/C20H21N3O3/c1-23-20(15-7-5-4-6-8-15)16(13-21-23)22-19(24)12-14-9-10-17(25-2)18(11-14)26-3/h4-11,13H,12H2,1-3H3,(H,22,24). The SMILES string of the molecule is COc1ccc(CC(=O)Nc2cnn(C)c2-c2ccccc2)cc1OC. The molecule has 0 saturated carbocycles. The summed E-state index contributed by atoms with van der Waals surface area (Å²) >= 11 is 0. The van der Waals surface area contributed by atoms with Crippen LogP contribution in [0.25, 0.3) is 11.3 Å². The van der Waals surface area contributed by atoms with Crippen molar-refractivity contribution in [1.82, 2.24) is 9.78 Å². The number of aromatic nitrogens is 2. The Morgan fingerprint density at radius 3 is 2.50 bits per heavy atom. The average molecular weight is 351 g/mol. The molecular weight excluding hydrogens is 330 g/mol. The molecule has 26 heavy (non-hydrogen) atoms. The number of methoxy groups -OCH3 is 2. The van der Waals surface area contributed by atoms with Crippen molar-refractivity contribution < 1.29 is 14.3 Å². The highest BCUT2D eigenvalue weighted by molar-refractivity contribution is 5.95. The number of amides is 1. The Morgan fingerprint density at radius 2 is 1.81 bits per heavy atom. The second-order valence-corrected chi connectivity index (χ2v) is 5.81. The van der Waals surface area contributed by atoms with Crippen LogP contribution in [0.1, 0.15) is 5.56 Å². The Kier molecular flexibility index (Phi) is 5.22. The van der Waals surface area contributed by atoms with Crippen LogP contribution in [0.4, 0.5) is 5.69 Å². The first kappa shape index (κ1) is 17.5. The van der Waals surface area contributed by atoms with Crippen LogP contribution in [-0.2, 0) is 18.3 Å². The van der Waals surface area contributed by atoms with Crippen LogP contribution in [0.5, 0.6) is 11.5 Å². The molecule has 0 fully saturated rings. The fourth-order valence-electron chi connectivity index (χ4n) is 2.84. The summed E-state index contributed by atoms with van der Waals surface area (Å²) in [5.74, 6) is 1.11. The zero-order chi connectivity index (χ0) is 18.5. The summed E-state index contributed by atoms with van der Waals surface area (Å²) in [5.41, 5.74) is 3.38. The number of ether oxygens (including phenoxy) is 2. The van der Waals surface area contributed by atoms with Crippen molar-refractivity contribution in [2.24, 2.45) is 7.05 Å². The van der Waals surface area contributed by atoms with E-state index in [9.17, 15) is 4.79 Å². The van der Waals surface area contributed by atoms with E-state index in [2.05, 4.69) is 10.4 Å². The number of benzene rings is 2. The van der Waals surface area contributed by atoms with Gasteiger partial charge >= 0.3 is 0 Å². The van der Waals surface area contributed by atoms with Gasteiger partial charge in [0.15, 0.2) is 11.5 Å². The molecule has 0 aliphatic rings. The summed E-state index contributed by atoms with van der Waals surface area (Å²) in [5, 5.41) is 7.22. The summed E-state index contributed by atoms with van der Waals surface area (Å²) in [6.07, 6.45) is 1.89. The molecule has 0 radical (unpaired) electrons. The minimum Gasteiger partial charge on any atom is -0.493 e.